The van der Waals surface area contributed by atoms with Gasteiger partial charge in [0.2, 0.25) is 0 Å². The fraction of sp³-hybridized carbons (Fsp3) is 0.417. The number of aryl methyl sites for hydroxylation is 1. The lowest BCUT2D eigenvalue weighted by molar-refractivity contribution is 0.0174. The highest BCUT2D eigenvalue weighted by Gasteiger charge is 2.18. The molecule has 2 atom stereocenters. The van der Waals surface area contributed by atoms with E-state index in [0.717, 1.165) is 5.52 Å². The SMILES string of the molecule is Cc1nc2ccc(C(O)C(O)CCBr)cc2o1. The fourth-order valence-electron chi connectivity index (χ4n) is 1.73. The quantitative estimate of drug-likeness (QED) is 0.850. The summed E-state index contributed by atoms with van der Waals surface area (Å²) in [7, 11) is 0. The molecule has 0 radical (unpaired) electrons. The number of benzene rings is 1. The molecular formula is C12H14BrNO3. The molecule has 2 N–H and O–H groups in total. The highest BCUT2D eigenvalue weighted by atomic mass is 79.9. The zero-order valence-corrected chi connectivity index (χ0v) is 11.0. The zero-order valence-electron chi connectivity index (χ0n) is 9.43. The second-order valence-corrected chi connectivity index (χ2v) is 4.74. The first-order chi connectivity index (χ1) is 8.11. The van der Waals surface area contributed by atoms with Crippen molar-refractivity contribution in [2.45, 2.75) is 25.6 Å². The van der Waals surface area contributed by atoms with Crippen molar-refractivity contribution in [1.29, 1.82) is 0 Å². The van der Waals surface area contributed by atoms with Crippen LogP contribution in [-0.2, 0) is 0 Å². The molecule has 1 aromatic heterocycles. The van der Waals surface area contributed by atoms with Crippen LogP contribution in [0.15, 0.2) is 22.6 Å². The number of fused-ring (bicyclic) bond motifs is 1. The van der Waals surface area contributed by atoms with Crippen molar-refractivity contribution in [1.82, 2.24) is 4.98 Å². The van der Waals surface area contributed by atoms with Gasteiger partial charge in [0.15, 0.2) is 11.5 Å². The summed E-state index contributed by atoms with van der Waals surface area (Å²) in [4.78, 5) is 4.18. The number of oxazole rings is 1. The molecule has 0 aliphatic rings. The van der Waals surface area contributed by atoms with E-state index < -0.39 is 12.2 Å². The normalized spacial score (nSPS) is 15.1. The number of hydrogen-bond donors (Lipinski definition) is 2. The fourth-order valence-corrected chi connectivity index (χ4v) is 2.20. The van der Waals surface area contributed by atoms with E-state index in [-0.39, 0.29) is 0 Å². The van der Waals surface area contributed by atoms with Crippen LogP contribution in [-0.4, -0.2) is 26.6 Å². The van der Waals surface area contributed by atoms with Gasteiger partial charge >= 0.3 is 0 Å². The summed E-state index contributed by atoms with van der Waals surface area (Å²) < 4.78 is 5.39. The molecule has 1 aromatic carbocycles. The number of aliphatic hydroxyl groups is 2. The Morgan fingerprint density at radius 2 is 2.18 bits per heavy atom. The Morgan fingerprint density at radius 1 is 1.41 bits per heavy atom. The van der Waals surface area contributed by atoms with Crippen LogP contribution in [0.3, 0.4) is 0 Å². The Balaban J connectivity index is 2.28. The number of aliphatic hydroxyl groups excluding tert-OH is 2. The van der Waals surface area contributed by atoms with Crippen LogP contribution < -0.4 is 0 Å². The lowest BCUT2D eigenvalue weighted by Gasteiger charge is -2.16. The summed E-state index contributed by atoms with van der Waals surface area (Å²) in [6.45, 7) is 1.77. The zero-order chi connectivity index (χ0) is 12.4. The monoisotopic (exact) mass is 299 g/mol. The van der Waals surface area contributed by atoms with Crippen molar-refractivity contribution >= 4 is 27.0 Å². The number of aromatic nitrogens is 1. The van der Waals surface area contributed by atoms with Crippen LogP contribution in [0, 0.1) is 6.92 Å². The summed E-state index contributed by atoms with van der Waals surface area (Å²) in [5.74, 6) is 0.590. The van der Waals surface area contributed by atoms with Crippen LogP contribution in [0.25, 0.3) is 11.1 Å². The minimum absolute atomic E-state index is 0.495. The van der Waals surface area contributed by atoms with E-state index in [1.807, 2.05) is 0 Å². The molecule has 0 aliphatic carbocycles. The van der Waals surface area contributed by atoms with Crippen LogP contribution in [0.5, 0.6) is 0 Å². The second kappa shape index (κ2) is 5.16. The van der Waals surface area contributed by atoms with Gasteiger partial charge in [0, 0.05) is 12.3 Å². The molecule has 5 heteroatoms. The molecule has 17 heavy (non-hydrogen) atoms. The summed E-state index contributed by atoms with van der Waals surface area (Å²) in [6, 6.07) is 5.26. The Morgan fingerprint density at radius 3 is 2.88 bits per heavy atom. The molecular weight excluding hydrogens is 286 g/mol. The maximum atomic E-state index is 9.95. The van der Waals surface area contributed by atoms with Crippen LogP contribution in [0.4, 0.5) is 0 Å². The molecule has 0 spiro atoms. The van der Waals surface area contributed by atoms with Gasteiger partial charge in [-0.25, -0.2) is 4.98 Å². The molecule has 2 unspecified atom stereocenters. The van der Waals surface area contributed by atoms with Crippen molar-refractivity contribution in [3.63, 3.8) is 0 Å². The molecule has 0 bridgehead atoms. The van der Waals surface area contributed by atoms with Gasteiger partial charge in [-0.1, -0.05) is 22.0 Å². The molecule has 2 rings (SSSR count). The standard InChI is InChI=1S/C12H14BrNO3/c1-7-14-9-3-2-8(6-11(9)17-7)12(16)10(15)4-5-13/h2-3,6,10,12,15-16H,4-5H2,1H3. The third-order valence-electron chi connectivity index (χ3n) is 2.63. The van der Waals surface area contributed by atoms with Crippen LogP contribution >= 0.6 is 15.9 Å². The van der Waals surface area contributed by atoms with Crippen LogP contribution in [0.1, 0.15) is 24.0 Å². The molecule has 0 fully saturated rings. The first kappa shape index (κ1) is 12.5. The van der Waals surface area contributed by atoms with Gasteiger partial charge in [-0.3, -0.25) is 0 Å². The Labute approximate surface area is 107 Å². The average molecular weight is 300 g/mol. The maximum absolute atomic E-state index is 9.95. The van der Waals surface area contributed by atoms with E-state index >= 15 is 0 Å². The first-order valence-corrected chi connectivity index (χ1v) is 6.53. The first-order valence-electron chi connectivity index (χ1n) is 5.41. The van der Waals surface area contributed by atoms with Gasteiger partial charge in [-0.15, -0.1) is 0 Å². The summed E-state index contributed by atoms with van der Waals surface area (Å²) in [5, 5.41) is 20.3. The smallest absolute Gasteiger partial charge is 0.192 e. The van der Waals surface area contributed by atoms with Crippen molar-refractivity contribution in [2.75, 3.05) is 5.33 Å². The molecule has 4 nitrogen and oxygen atoms in total. The summed E-state index contributed by atoms with van der Waals surface area (Å²) in [5.41, 5.74) is 2.03. The predicted molar refractivity (Wildman–Crippen MR) is 68.1 cm³/mol. The number of nitrogens with zero attached hydrogens (tertiary/aromatic N) is 1. The van der Waals surface area contributed by atoms with Crippen LogP contribution in [0.2, 0.25) is 0 Å². The average Bonchev–Trinajstić information content (AvgIpc) is 2.67. The number of hydrogen-bond acceptors (Lipinski definition) is 4. The Kier molecular flexibility index (Phi) is 3.81. The lowest BCUT2D eigenvalue weighted by Crippen LogP contribution is -2.18. The number of alkyl halides is 1. The number of rotatable bonds is 4. The van der Waals surface area contributed by atoms with E-state index in [1.165, 1.54) is 0 Å². The van der Waals surface area contributed by atoms with Gasteiger partial charge in [0.05, 0.1) is 6.10 Å². The van der Waals surface area contributed by atoms with Crippen molar-refractivity contribution in [3.8, 4) is 0 Å². The van der Waals surface area contributed by atoms with Gasteiger partial charge in [0.1, 0.15) is 11.6 Å². The van der Waals surface area contributed by atoms with Gasteiger partial charge < -0.3 is 14.6 Å². The minimum atomic E-state index is -0.901. The van der Waals surface area contributed by atoms with Crippen molar-refractivity contribution < 1.29 is 14.6 Å². The topological polar surface area (TPSA) is 66.5 Å². The molecule has 0 saturated carbocycles. The van der Waals surface area contributed by atoms with E-state index in [1.54, 1.807) is 25.1 Å². The second-order valence-electron chi connectivity index (χ2n) is 3.95. The van der Waals surface area contributed by atoms with E-state index in [4.69, 9.17) is 4.42 Å². The van der Waals surface area contributed by atoms with E-state index in [0.29, 0.717) is 28.8 Å². The summed E-state index contributed by atoms with van der Waals surface area (Å²) in [6.07, 6.45) is -1.19. The Hall–Kier alpha value is -0.910. The number of halogens is 1. The van der Waals surface area contributed by atoms with E-state index in [2.05, 4.69) is 20.9 Å². The molecule has 0 saturated heterocycles. The van der Waals surface area contributed by atoms with Gasteiger partial charge in [0.25, 0.3) is 0 Å². The molecule has 2 aromatic rings. The third kappa shape index (κ3) is 2.68. The molecule has 0 amide bonds. The Bertz CT molecular complexity index is 511. The van der Waals surface area contributed by atoms with E-state index in [9.17, 15) is 10.2 Å². The minimum Gasteiger partial charge on any atom is -0.441 e. The maximum Gasteiger partial charge on any atom is 0.192 e. The molecule has 1 heterocycles. The largest absolute Gasteiger partial charge is 0.441 e. The molecule has 92 valence electrons. The summed E-state index contributed by atoms with van der Waals surface area (Å²) >= 11 is 3.23. The molecule has 0 aliphatic heterocycles. The van der Waals surface area contributed by atoms with Gasteiger partial charge in [-0.05, 0) is 24.1 Å². The third-order valence-corrected chi connectivity index (χ3v) is 3.09. The van der Waals surface area contributed by atoms with Crippen molar-refractivity contribution in [3.05, 3.63) is 29.7 Å². The highest BCUT2D eigenvalue weighted by Crippen LogP contribution is 2.24. The van der Waals surface area contributed by atoms with Crippen molar-refractivity contribution in [2.24, 2.45) is 0 Å². The predicted octanol–water partition coefficient (Wildman–Crippen LogP) is 2.32. The van der Waals surface area contributed by atoms with Gasteiger partial charge in [-0.2, -0.15) is 0 Å². The highest BCUT2D eigenvalue weighted by molar-refractivity contribution is 9.09. The lowest BCUT2D eigenvalue weighted by atomic mass is 10.0.